The lowest BCUT2D eigenvalue weighted by Gasteiger charge is -2.21. The van der Waals surface area contributed by atoms with Crippen LogP contribution >= 0.6 is 0 Å². The molecule has 2 heterocycles. The third-order valence-corrected chi connectivity index (χ3v) is 5.97. The summed E-state index contributed by atoms with van der Waals surface area (Å²) in [5.41, 5.74) is 4.31. The highest BCUT2D eigenvalue weighted by atomic mass is 15.2. The number of nitrogens with one attached hydrogen (secondary N) is 1. The maximum absolute atomic E-state index is 4.81. The average molecular weight is 389 g/mol. The summed E-state index contributed by atoms with van der Waals surface area (Å²) in [5, 5.41) is 3.43. The van der Waals surface area contributed by atoms with Gasteiger partial charge in [-0.15, -0.1) is 0 Å². The van der Waals surface area contributed by atoms with E-state index in [0.717, 1.165) is 58.4 Å². The van der Waals surface area contributed by atoms with E-state index in [1.165, 1.54) is 28.4 Å². The zero-order valence-corrected chi connectivity index (χ0v) is 17.5. The minimum atomic E-state index is 0.449. The smallest absolute Gasteiger partial charge is 0.0996 e. The molecule has 0 aliphatic carbocycles. The van der Waals surface area contributed by atoms with Gasteiger partial charge in [0.05, 0.1) is 24.8 Å². The van der Waals surface area contributed by atoms with E-state index in [0.29, 0.717) is 5.92 Å². The predicted octanol–water partition coefficient (Wildman–Crippen LogP) is 3.76. The molecular formula is C25H32N4. The Labute approximate surface area is 174 Å². The zero-order chi connectivity index (χ0) is 19.9. The van der Waals surface area contributed by atoms with Gasteiger partial charge >= 0.3 is 0 Å². The normalized spacial score (nSPS) is 17.1. The van der Waals surface area contributed by atoms with Crippen LogP contribution in [0.5, 0.6) is 0 Å². The van der Waals surface area contributed by atoms with Crippen LogP contribution < -0.4 is 5.32 Å². The lowest BCUT2D eigenvalue weighted by atomic mass is 9.93. The molecule has 0 aromatic heterocycles. The molecular weight excluding hydrogens is 356 g/mol. The Bertz CT molecular complexity index is 856. The van der Waals surface area contributed by atoms with Crippen molar-refractivity contribution in [3.63, 3.8) is 0 Å². The van der Waals surface area contributed by atoms with Gasteiger partial charge in [0.15, 0.2) is 0 Å². The first-order valence-electron chi connectivity index (χ1n) is 11.0. The van der Waals surface area contributed by atoms with Gasteiger partial charge in [-0.2, -0.15) is 0 Å². The van der Waals surface area contributed by atoms with E-state index in [4.69, 9.17) is 4.99 Å². The maximum atomic E-state index is 4.81. The van der Waals surface area contributed by atoms with Gasteiger partial charge in [0.25, 0.3) is 0 Å². The first kappa shape index (κ1) is 19.7. The molecule has 2 aromatic rings. The molecule has 4 heteroatoms. The minimum Gasteiger partial charge on any atom is -0.372 e. The Morgan fingerprint density at radius 3 is 2.48 bits per heavy atom. The predicted molar refractivity (Wildman–Crippen MR) is 122 cm³/mol. The van der Waals surface area contributed by atoms with Crippen molar-refractivity contribution < 1.29 is 0 Å². The summed E-state index contributed by atoms with van der Waals surface area (Å²) in [6.07, 6.45) is 4.22. The van der Waals surface area contributed by atoms with Crippen molar-refractivity contribution >= 4 is 11.7 Å². The molecule has 0 unspecified atom stereocenters. The number of hydrogen-bond donors (Lipinski definition) is 1. The van der Waals surface area contributed by atoms with Crippen LogP contribution in [0.25, 0.3) is 0 Å². The summed E-state index contributed by atoms with van der Waals surface area (Å²) in [7, 11) is 0. The summed E-state index contributed by atoms with van der Waals surface area (Å²) < 4.78 is 0. The standard InChI is InChI=1S/C25H32N4/c1-20(25-27-14-15-28-25)19-23-10-6-5-9-22(23)11-12-24-26-16-18-29(24)17-13-21-7-3-2-4-8-21/h2-10,20H,11-19H2,1H3,(H,27,28)/t20-/m0/s1. The topological polar surface area (TPSA) is 40.0 Å². The molecule has 1 atom stereocenters. The zero-order valence-electron chi connectivity index (χ0n) is 17.5. The van der Waals surface area contributed by atoms with Crippen LogP contribution in [0.15, 0.2) is 64.6 Å². The van der Waals surface area contributed by atoms with Crippen molar-refractivity contribution in [2.75, 3.05) is 32.7 Å². The van der Waals surface area contributed by atoms with Crippen molar-refractivity contribution in [1.82, 2.24) is 10.2 Å². The van der Waals surface area contributed by atoms with Gasteiger partial charge in [0.1, 0.15) is 0 Å². The van der Waals surface area contributed by atoms with E-state index in [-0.39, 0.29) is 0 Å². The Morgan fingerprint density at radius 1 is 0.897 bits per heavy atom. The second-order valence-electron chi connectivity index (χ2n) is 8.09. The molecule has 2 aliphatic rings. The number of rotatable bonds is 9. The molecule has 0 saturated carbocycles. The van der Waals surface area contributed by atoms with Crippen molar-refractivity contribution in [3.8, 4) is 0 Å². The average Bonchev–Trinajstić information content (AvgIpc) is 3.44. The first-order chi connectivity index (χ1) is 14.3. The molecule has 0 bridgehead atoms. The van der Waals surface area contributed by atoms with E-state index in [9.17, 15) is 0 Å². The van der Waals surface area contributed by atoms with Crippen LogP contribution in [0, 0.1) is 5.92 Å². The lowest BCUT2D eigenvalue weighted by molar-refractivity contribution is 0.453. The second kappa shape index (κ2) is 9.73. The van der Waals surface area contributed by atoms with Crippen molar-refractivity contribution in [2.24, 2.45) is 15.9 Å². The summed E-state index contributed by atoms with van der Waals surface area (Å²) in [5.74, 6) is 2.91. The fraction of sp³-hybridized carbons (Fsp3) is 0.440. The van der Waals surface area contributed by atoms with Crippen LogP contribution in [0.2, 0.25) is 0 Å². The van der Waals surface area contributed by atoms with Gasteiger partial charge in [-0.3, -0.25) is 9.98 Å². The van der Waals surface area contributed by atoms with Crippen molar-refractivity contribution in [2.45, 2.75) is 32.6 Å². The summed E-state index contributed by atoms with van der Waals surface area (Å²) in [6.45, 7) is 7.24. The van der Waals surface area contributed by atoms with Crippen LogP contribution in [0.3, 0.4) is 0 Å². The Balaban J connectivity index is 1.33. The molecule has 0 spiro atoms. The molecule has 152 valence electrons. The number of aliphatic imine (C=N–C) groups is 2. The third-order valence-electron chi connectivity index (χ3n) is 5.97. The number of aryl methyl sites for hydroxylation is 1. The number of hydrogen-bond acceptors (Lipinski definition) is 4. The van der Waals surface area contributed by atoms with Crippen LogP contribution in [0.4, 0.5) is 0 Å². The Hall–Kier alpha value is -2.62. The second-order valence-corrected chi connectivity index (χ2v) is 8.09. The van der Waals surface area contributed by atoms with Gasteiger partial charge < -0.3 is 10.2 Å². The van der Waals surface area contributed by atoms with E-state index in [1.54, 1.807) is 0 Å². The molecule has 2 aromatic carbocycles. The molecule has 0 radical (unpaired) electrons. The van der Waals surface area contributed by atoms with Crippen LogP contribution in [0.1, 0.15) is 30.0 Å². The van der Waals surface area contributed by atoms with Gasteiger partial charge in [-0.25, -0.2) is 0 Å². The van der Waals surface area contributed by atoms with Crippen molar-refractivity contribution in [1.29, 1.82) is 0 Å². The quantitative estimate of drug-likeness (QED) is 0.711. The highest BCUT2D eigenvalue weighted by Crippen LogP contribution is 2.19. The van der Waals surface area contributed by atoms with Gasteiger partial charge in [-0.1, -0.05) is 61.5 Å². The van der Waals surface area contributed by atoms with Gasteiger partial charge in [-0.05, 0) is 36.0 Å². The Kier molecular flexibility index (Phi) is 6.60. The van der Waals surface area contributed by atoms with E-state index in [1.807, 2.05) is 0 Å². The number of amidine groups is 2. The van der Waals surface area contributed by atoms with E-state index < -0.39 is 0 Å². The highest BCUT2D eigenvalue weighted by molar-refractivity contribution is 5.86. The molecule has 0 saturated heterocycles. The number of nitrogens with zero attached hydrogens (tertiary/aromatic N) is 3. The van der Waals surface area contributed by atoms with Crippen LogP contribution in [-0.4, -0.2) is 49.3 Å². The van der Waals surface area contributed by atoms with Crippen molar-refractivity contribution in [3.05, 3.63) is 71.3 Å². The minimum absolute atomic E-state index is 0.449. The molecule has 0 amide bonds. The monoisotopic (exact) mass is 388 g/mol. The summed E-state index contributed by atoms with van der Waals surface area (Å²) >= 11 is 0. The SMILES string of the molecule is C[C@@H](Cc1ccccc1CCC1=NCCN1CCc1ccccc1)C1=NCCN1. The molecule has 29 heavy (non-hydrogen) atoms. The number of benzene rings is 2. The lowest BCUT2D eigenvalue weighted by Crippen LogP contribution is -2.30. The highest BCUT2D eigenvalue weighted by Gasteiger charge is 2.19. The molecule has 2 aliphatic heterocycles. The third kappa shape index (κ3) is 5.26. The first-order valence-corrected chi connectivity index (χ1v) is 11.0. The molecule has 1 N–H and O–H groups in total. The largest absolute Gasteiger partial charge is 0.372 e. The fourth-order valence-corrected chi connectivity index (χ4v) is 4.34. The fourth-order valence-electron chi connectivity index (χ4n) is 4.34. The summed E-state index contributed by atoms with van der Waals surface area (Å²) in [4.78, 5) is 11.9. The summed E-state index contributed by atoms with van der Waals surface area (Å²) in [6, 6.07) is 19.7. The van der Waals surface area contributed by atoms with Gasteiger partial charge in [0.2, 0.25) is 0 Å². The van der Waals surface area contributed by atoms with Crippen LogP contribution in [-0.2, 0) is 19.3 Å². The van der Waals surface area contributed by atoms with Gasteiger partial charge in [0, 0.05) is 32.0 Å². The molecule has 4 rings (SSSR count). The maximum Gasteiger partial charge on any atom is 0.0996 e. The van der Waals surface area contributed by atoms with E-state index in [2.05, 4.69) is 76.7 Å². The molecule has 4 nitrogen and oxygen atoms in total. The Morgan fingerprint density at radius 2 is 1.69 bits per heavy atom. The molecule has 0 fully saturated rings. The van der Waals surface area contributed by atoms with E-state index >= 15 is 0 Å².